The van der Waals surface area contributed by atoms with Crippen molar-refractivity contribution in [2.24, 2.45) is 11.8 Å². The highest BCUT2D eigenvalue weighted by Crippen LogP contribution is 2.18. The van der Waals surface area contributed by atoms with E-state index in [1.807, 2.05) is 13.8 Å². The van der Waals surface area contributed by atoms with E-state index in [4.69, 9.17) is 19.9 Å². The monoisotopic (exact) mass is 733 g/mol. The summed E-state index contributed by atoms with van der Waals surface area (Å²) in [5.41, 5.74) is 4.92. The van der Waals surface area contributed by atoms with Crippen LogP contribution in [0.25, 0.3) is 11.2 Å². The van der Waals surface area contributed by atoms with Crippen molar-refractivity contribution >= 4 is 35.1 Å². The van der Waals surface area contributed by atoms with Crippen LogP contribution < -0.4 is 16.6 Å². The minimum atomic E-state index is -0.885. The molecule has 2 aromatic rings. The number of rotatable bonds is 27. The quantitative estimate of drug-likeness (QED) is 0.0397. The molecule has 0 aromatic carbocycles. The Morgan fingerprint density at radius 2 is 1.40 bits per heavy atom. The molecule has 2 heterocycles. The number of hydrogen-bond acceptors (Lipinski definition) is 10. The van der Waals surface area contributed by atoms with E-state index in [0.29, 0.717) is 31.5 Å². The molecular formula is C39H68N6O7. The first-order valence-electron chi connectivity index (χ1n) is 19.9. The smallest absolute Gasteiger partial charge is 0.408 e. The number of alkyl carbamates (subject to hydrolysis) is 1. The van der Waals surface area contributed by atoms with Gasteiger partial charge in [0.25, 0.3) is 5.56 Å². The first-order chi connectivity index (χ1) is 24.8. The largest absolute Gasteiger partial charge is 0.465 e. The molecule has 0 aliphatic carbocycles. The van der Waals surface area contributed by atoms with Gasteiger partial charge in [-0.2, -0.15) is 4.98 Å². The summed E-state index contributed by atoms with van der Waals surface area (Å²) in [7, 11) is 0. The number of imidazole rings is 1. The number of aromatic amines is 2. The van der Waals surface area contributed by atoms with Crippen LogP contribution in [-0.4, -0.2) is 62.8 Å². The number of nitrogens with one attached hydrogen (secondary N) is 3. The lowest BCUT2D eigenvalue weighted by Gasteiger charge is -2.26. The predicted molar refractivity (Wildman–Crippen MR) is 205 cm³/mol. The third-order valence-corrected chi connectivity index (χ3v) is 9.28. The molecule has 13 nitrogen and oxygen atoms in total. The lowest BCUT2D eigenvalue weighted by molar-refractivity contribution is -0.150. The molecule has 0 bridgehead atoms. The van der Waals surface area contributed by atoms with Gasteiger partial charge >= 0.3 is 18.0 Å². The summed E-state index contributed by atoms with van der Waals surface area (Å²) in [6.45, 7) is 11.4. The Balaban J connectivity index is 1.82. The van der Waals surface area contributed by atoms with Crippen LogP contribution in [0, 0.1) is 11.8 Å². The number of anilines is 1. The summed E-state index contributed by atoms with van der Waals surface area (Å²) < 4.78 is 16.6. The summed E-state index contributed by atoms with van der Waals surface area (Å²) in [5, 5.41) is 2.65. The molecule has 0 aliphatic heterocycles. The highest BCUT2D eigenvalue weighted by Gasteiger charge is 2.30. The van der Waals surface area contributed by atoms with Crippen LogP contribution in [0.3, 0.4) is 0 Å². The Bertz CT molecular complexity index is 1390. The van der Waals surface area contributed by atoms with Crippen LogP contribution in [-0.2, 0) is 30.2 Å². The van der Waals surface area contributed by atoms with E-state index in [2.05, 4.69) is 32.2 Å². The molecule has 0 saturated carbocycles. The van der Waals surface area contributed by atoms with Crippen molar-refractivity contribution in [3.63, 3.8) is 0 Å². The van der Waals surface area contributed by atoms with E-state index in [-0.39, 0.29) is 48.1 Å². The number of carbonyl (C=O) groups excluding carboxylic acids is 3. The number of amides is 1. The molecule has 1 amide bonds. The van der Waals surface area contributed by atoms with Crippen molar-refractivity contribution in [3.05, 3.63) is 16.2 Å². The average Bonchev–Trinajstić information content (AvgIpc) is 3.49. The van der Waals surface area contributed by atoms with Gasteiger partial charge in [0.1, 0.15) is 17.5 Å². The molecule has 0 radical (unpaired) electrons. The van der Waals surface area contributed by atoms with E-state index < -0.39 is 29.3 Å². The topological polar surface area (TPSA) is 191 Å². The van der Waals surface area contributed by atoms with E-state index in [1.165, 1.54) is 77.0 Å². The van der Waals surface area contributed by atoms with Crippen molar-refractivity contribution in [2.75, 3.05) is 18.9 Å². The molecule has 0 saturated heterocycles. The number of esters is 2. The molecule has 1 unspecified atom stereocenters. The minimum Gasteiger partial charge on any atom is -0.465 e. The first kappa shape index (κ1) is 44.5. The normalized spacial score (nSPS) is 13.4. The highest BCUT2D eigenvalue weighted by molar-refractivity contribution is 5.81. The highest BCUT2D eigenvalue weighted by atomic mass is 16.6. The third-order valence-electron chi connectivity index (χ3n) is 9.28. The summed E-state index contributed by atoms with van der Waals surface area (Å²) in [5.74, 6) is -0.884. The molecule has 2 aromatic heterocycles. The van der Waals surface area contributed by atoms with Crippen molar-refractivity contribution in [1.82, 2.24) is 25.3 Å². The number of nitrogens with zero attached hydrogens (tertiary/aromatic N) is 2. The fourth-order valence-electron chi connectivity index (χ4n) is 6.03. The molecule has 2 rings (SSSR count). The predicted octanol–water partition coefficient (Wildman–Crippen LogP) is 8.06. The van der Waals surface area contributed by atoms with Gasteiger partial charge in [0, 0.05) is 18.8 Å². The average molecular weight is 733 g/mol. The fraction of sp³-hybridized carbons (Fsp3) is 0.795. The van der Waals surface area contributed by atoms with Gasteiger partial charge < -0.3 is 30.2 Å². The second-order valence-electron chi connectivity index (χ2n) is 15.3. The summed E-state index contributed by atoms with van der Waals surface area (Å²) in [4.78, 5) is 64.5. The van der Waals surface area contributed by atoms with Gasteiger partial charge in [0.05, 0.1) is 13.2 Å². The van der Waals surface area contributed by atoms with E-state index in [0.717, 1.165) is 19.3 Å². The number of nitrogens with two attached hydrogens (primary N) is 1. The molecule has 52 heavy (non-hydrogen) atoms. The summed E-state index contributed by atoms with van der Waals surface area (Å²) in [6, 6.07) is -0.885. The van der Waals surface area contributed by atoms with Crippen molar-refractivity contribution in [3.8, 4) is 0 Å². The second-order valence-corrected chi connectivity index (χ2v) is 15.3. The zero-order valence-electron chi connectivity index (χ0n) is 32.9. The van der Waals surface area contributed by atoms with Crippen molar-refractivity contribution < 1.29 is 28.6 Å². The molecule has 296 valence electrons. The number of ether oxygens (including phenoxy) is 3. The van der Waals surface area contributed by atoms with Gasteiger partial charge in [-0.25, -0.2) is 14.6 Å². The number of aromatic nitrogens is 4. The van der Waals surface area contributed by atoms with Gasteiger partial charge in [-0.15, -0.1) is 0 Å². The van der Waals surface area contributed by atoms with E-state index in [1.54, 1.807) is 20.8 Å². The van der Waals surface area contributed by atoms with E-state index >= 15 is 0 Å². The van der Waals surface area contributed by atoms with Gasteiger partial charge in [0.15, 0.2) is 11.2 Å². The Hall–Kier alpha value is -3.64. The maximum atomic E-state index is 13.1. The summed E-state index contributed by atoms with van der Waals surface area (Å²) >= 11 is 0. The second kappa shape index (κ2) is 24.6. The number of hydrogen-bond donors (Lipinski definition) is 4. The number of H-pyrrole nitrogens is 2. The molecule has 3 atom stereocenters. The maximum Gasteiger partial charge on any atom is 0.408 e. The van der Waals surface area contributed by atoms with Crippen LogP contribution in [0.4, 0.5) is 10.7 Å². The lowest BCUT2D eigenvalue weighted by Crippen LogP contribution is -2.47. The fourth-order valence-corrected chi connectivity index (χ4v) is 6.03. The third kappa shape index (κ3) is 18.7. The molecule has 0 aliphatic rings. The van der Waals surface area contributed by atoms with Gasteiger partial charge in [-0.05, 0) is 39.5 Å². The SMILES string of the molecule is CCCCCCCCCCCCCCCCCC(=O)OCC(CCOC(=O)[C@@H](NC(=O)OC(C)(C)C)[C@@H](C)CC)Cc1nc2nc(N)[nH]c(=O)c2[nH]1. The van der Waals surface area contributed by atoms with Gasteiger partial charge in [-0.3, -0.25) is 14.6 Å². The lowest BCUT2D eigenvalue weighted by atomic mass is 9.99. The van der Waals surface area contributed by atoms with E-state index in [9.17, 15) is 19.2 Å². The Morgan fingerprint density at radius 3 is 1.96 bits per heavy atom. The minimum absolute atomic E-state index is 0.0229. The Labute approximate surface area is 310 Å². The molecule has 13 heteroatoms. The number of unbranched alkanes of at least 4 members (excludes halogenated alkanes) is 14. The number of nitrogen functional groups attached to an aromatic ring is 1. The Kier molecular flexibility index (Phi) is 21.0. The van der Waals surface area contributed by atoms with Crippen molar-refractivity contribution in [1.29, 1.82) is 0 Å². The number of fused-ring (bicyclic) bond motifs is 1. The molecule has 5 N–H and O–H groups in total. The van der Waals surface area contributed by atoms with Crippen LogP contribution in [0.1, 0.15) is 163 Å². The molecule has 0 spiro atoms. The number of carbonyl (C=O) groups is 3. The zero-order valence-corrected chi connectivity index (χ0v) is 32.9. The van der Waals surface area contributed by atoms with Crippen LogP contribution in [0.2, 0.25) is 0 Å². The standard InChI is InChI=1S/C39H68N6O7/c1-7-9-10-11-12-13-14-15-16-17-18-19-20-21-22-23-31(46)51-27-29(26-30-41-33-34(42-30)44-37(40)45-35(33)47)24-25-50-36(48)32(28(3)8-2)43-38(49)52-39(4,5)6/h28-29,32H,7-27H2,1-6H3,(H,43,49)(H4,40,41,42,44,45,47)/t28-,29?,32-/m0/s1. The summed E-state index contributed by atoms with van der Waals surface area (Å²) in [6.07, 6.45) is 19.8. The zero-order chi connectivity index (χ0) is 38.4. The Morgan fingerprint density at radius 1 is 0.827 bits per heavy atom. The van der Waals surface area contributed by atoms with Crippen LogP contribution in [0.15, 0.2) is 4.79 Å². The first-order valence-corrected chi connectivity index (χ1v) is 19.9. The maximum absolute atomic E-state index is 13.1. The van der Waals surface area contributed by atoms with Gasteiger partial charge in [0.2, 0.25) is 5.95 Å². The molecule has 0 fully saturated rings. The molecular weight excluding hydrogens is 664 g/mol. The van der Waals surface area contributed by atoms with Crippen molar-refractivity contribution in [2.45, 2.75) is 175 Å². The van der Waals surface area contributed by atoms with Crippen LogP contribution >= 0.6 is 0 Å². The van der Waals surface area contributed by atoms with Gasteiger partial charge in [-0.1, -0.05) is 117 Å². The van der Waals surface area contributed by atoms with Crippen LogP contribution in [0.5, 0.6) is 0 Å².